The summed E-state index contributed by atoms with van der Waals surface area (Å²) in [6.45, 7) is 0.553. The van der Waals surface area contributed by atoms with Crippen LogP contribution in [0, 0.1) is 0 Å². The molecule has 4 aromatic rings. The summed E-state index contributed by atoms with van der Waals surface area (Å²) in [6, 6.07) is 20.7. The van der Waals surface area contributed by atoms with Crippen molar-refractivity contribution in [2.24, 2.45) is 0 Å². The van der Waals surface area contributed by atoms with E-state index >= 15 is 0 Å². The van der Waals surface area contributed by atoms with Crippen LogP contribution in [0.4, 0.5) is 4.79 Å². The van der Waals surface area contributed by atoms with Gasteiger partial charge in [-0.2, -0.15) is 0 Å². The van der Waals surface area contributed by atoms with Gasteiger partial charge >= 0.3 is 6.09 Å². The topological polar surface area (TPSA) is 54.6 Å². The van der Waals surface area contributed by atoms with Gasteiger partial charge in [-0.05, 0) is 60.0 Å². The third-order valence-electron chi connectivity index (χ3n) is 5.97. The van der Waals surface area contributed by atoms with Crippen molar-refractivity contribution < 1.29 is 14.3 Å². The molecule has 0 radical (unpaired) electrons. The van der Waals surface area contributed by atoms with E-state index < -0.39 is 6.09 Å². The molecule has 1 atom stereocenters. The zero-order valence-corrected chi connectivity index (χ0v) is 18.6. The smallest absolute Gasteiger partial charge is 0.416 e. The van der Waals surface area contributed by atoms with E-state index in [1.165, 1.54) is 16.4 Å². The van der Waals surface area contributed by atoms with Crippen LogP contribution in [0.2, 0.25) is 5.02 Å². The highest BCUT2D eigenvalue weighted by Crippen LogP contribution is 2.39. The Balaban J connectivity index is 1.57. The van der Waals surface area contributed by atoms with E-state index in [4.69, 9.17) is 21.1 Å². The summed E-state index contributed by atoms with van der Waals surface area (Å²) in [6.07, 6.45) is 0.356. The van der Waals surface area contributed by atoms with Crippen molar-refractivity contribution in [3.63, 3.8) is 0 Å². The zero-order chi connectivity index (χ0) is 22.2. The van der Waals surface area contributed by atoms with Gasteiger partial charge in [0.05, 0.1) is 7.11 Å². The standard InChI is InChI=1S/C25H22BClN2O3/c1-31-18-7-2-15(3-8-18)24-23-20(21-14-16(26)4-11-22(21)28-23)12-13-29(24)25(30)32-19-9-5-17(27)6-10-19/h2-11,14,24,28H,12-13,26H2,1H3. The van der Waals surface area contributed by atoms with Crippen LogP contribution < -0.4 is 14.9 Å². The average Bonchev–Trinajstić information content (AvgIpc) is 3.18. The van der Waals surface area contributed by atoms with Crippen molar-refractivity contribution in [3.05, 3.63) is 88.6 Å². The summed E-state index contributed by atoms with van der Waals surface area (Å²) in [5.74, 6) is 1.23. The molecule has 1 aliphatic rings. The molecule has 3 aromatic carbocycles. The van der Waals surface area contributed by atoms with E-state index in [1.807, 2.05) is 24.3 Å². The van der Waals surface area contributed by atoms with E-state index in [0.717, 1.165) is 28.9 Å². The number of methoxy groups -OCH3 is 1. The van der Waals surface area contributed by atoms with Crippen LogP contribution in [0.5, 0.6) is 11.5 Å². The van der Waals surface area contributed by atoms with Gasteiger partial charge in [0.2, 0.25) is 0 Å². The number of fused-ring (bicyclic) bond motifs is 3. The number of aromatic amines is 1. The minimum atomic E-state index is -0.395. The summed E-state index contributed by atoms with van der Waals surface area (Å²) in [4.78, 5) is 18.6. The number of rotatable bonds is 3. The number of nitrogens with zero attached hydrogens (tertiary/aromatic N) is 1. The van der Waals surface area contributed by atoms with Crippen molar-refractivity contribution >= 4 is 41.9 Å². The van der Waals surface area contributed by atoms with Crippen molar-refractivity contribution in [2.75, 3.05) is 13.7 Å². The summed E-state index contributed by atoms with van der Waals surface area (Å²) >= 11 is 5.97. The first kappa shape index (κ1) is 20.5. The van der Waals surface area contributed by atoms with Crippen molar-refractivity contribution in [2.45, 2.75) is 12.5 Å². The second-order valence-electron chi connectivity index (χ2n) is 8.01. The molecule has 0 aliphatic carbocycles. The second kappa shape index (κ2) is 8.28. The predicted molar refractivity (Wildman–Crippen MR) is 129 cm³/mol. The summed E-state index contributed by atoms with van der Waals surface area (Å²) < 4.78 is 11.0. The van der Waals surface area contributed by atoms with Crippen LogP contribution in [-0.4, -0.2) is 37.5 Å². The first-order valence-corrected chi connectivity index (χ1v) is 10.9. The number of hydrogen-bond acceptors (Lipinski definition) is 3. The Bertz CT molecular complexity index is 1290. The van der Waals surface area contributed by atoms with Crippen LogP contribution in [0.25, 0.3) is 10.9 Å². The molecular weight excluding hydrogens is 423 g/mol. The highest BCUT2D eigenvalue weighted by Gasteiger charge is 2.35. The van der Waals surface area contributed by atoms with Gasteiger partial charge in [-0.1, -0.05) is 41.3 Å². The van der Waals surface area contributed by atoms with Crippen LogP contribution in [0.1, 0.15) is 22.9 Å². The number of H-pyrrole nitrogens is 1. The monoisotopic (exact) mass is 444 g/mol. The van der Waals surface area contributed by atoms with Gasteiger partial charge in [0, 0.05) is 28.2 Å². The molecule has 32 heavy (non-hydrogen) atoms. The number of hydrogen-bond donors (Lipinski definition) is 1. The van der Waals surface area contributed by atoms with E-state index in [0.29, 0.717) is 17.3 Å². The molecule has 0 fully saturated rings. The van der Waals surface area contributed by atoms with Crippen LogP contribution >= 0.6 is 11.6 Å². The number of benzene rings is 3. The van der Waals surface area contributed by atoms with E-state index in [2.05, 4.69) is 31.0 Å². The summed E-state index contributed by atoms with van der Waals surface area (Å²) in [5, 5.41) is 1.81. The molecule has 1 unspecified atom stereocenters. The molecule has 0 saturated carbocycles. The van der Waals surface area contributed by atoms with Gasteiger partial charge in [0.1, 0.15) is 25.4 Å². The number of nitrogens with one attached hydrogen (secondary N) is 1. The largest absolute Gasteiger partial charge is 0.497 e. The maximum Gasteiger partial charge on any atom is 0.416 e. The molecule has 160 valence electrons. The number of halogens is 1. The molecule has 1 aromatic heterocycles. The SMILES string of the molecule is Bc1ccc2[nH]c3c(c2c1)CCN(C(=O)Oc1ccc(Cl)cc1)C3c1ccc(OC)cc1. The van der Waals surface area contributed by atoms with E-state index in [9.17, 15) is 4.79 Å². The number of carbonyl (C=O) groups is 1. The minimum absolute atomic E-state index is 0.294. The molecule has 1 N–H and O–H groups in total. The predicted octanol–water partition coefficient (Wildman–Crippen LogP) is 4.23. The Hall–Kier alpha value is -3.38. The lowest BCUT2D eigenvalue weighted by atomic mass is 9.90. The third kappa shape index (κ3) is 3.71. The molecule has 5 nitrogen and oxygen atoms in total. The molecule has 2 heterocycles. The molecular formula is C25H22BClN2O3. The lowest BCUT2D eigenvalue weighted by Gasteiger charge is -2.35. The summed E-state index contributed by atoms with van der Waals surface area (Å²) in [7, 11) is 3.74. The molecule has 5 rings (SSSR count). The first-order chi connectivity index (χ1) is 15.5. The number of aromatic nitrogens is 1. The molecule has 1 amide bonds. The Morgan fingerprint density at radius 3 is 2.50 bits per heavy atom. The highest BCUT2D eigenvalue weighted by molar-refractivity contribution is 6.33. The quantitative estimate of drug-likeness (QED) is 0.481. The van der Waals surface area contributed by atoms with Gasteiger partial charge < -0.3 is 14.5 Å². The minimum Gasteiger partial charge on any atom is -0.497 e. The zero-order valence-electron chi connectivity index (χ0n) is 17.9. The lowest BCUT2D eigenvalue weighted by Crippen LogP contribution is -2.42. The Morgan fingerprint density at radius 1 is 1.06 bits per heavy atom. The average molecular weight is 445 g/mol. The van der Waals surface area contributed by atoms with Crippen LogP contribution in [0.15, 0.2) is 66.7 Å². The van der Waals surface area contributed by atoms with E-state index in [1.54, 1.807) is 36.3 Å². The molecule has 1 aliphatic heterocycles. The van der Waals surface area contributed by atoms with Gasteiger partial charge in [-0.25, -0.2) is 4.79 Å². The molecule has 7 heteroatoms. The normalized spacial score (nSPS) is 15.4. The number of ether oxygens (including phenoxy) is 2. The highest BCUT2D eigenvalue weighted by atomic mass is 35.5. The van der Waals surface area contributed by atoms with Crippen molar-refractivity contribution in [1.29, 1.82) is 0 Å². The van der Waals surface area contributed by atoms with Crippen LogP contribution in [-0.2, 0) is 6.42 Å². The number of carbonyl (C=O) groups excluding carboxylic acids is 1. The maximum absolute atomic E-state index is 13.3. The Kier molecular flexibility index (Phi) is 5.31. The molecule has 0 saturated heterocycles. The van der Waals surface area contributed by atoms with Gasteiger partial charge in [0.25, 0.3) is 0 Å². The Labute approximate surface area is 192 Å². The fourth-order valence-corrected chi connectivity index (χ4v) is 4.52. The fourth-order valence-electron chi connectivity index (χ4n) is 4.39. The van der Waals surface area contributed by atoms with E-state index in [-0.39, 0.29) is 6.04 Å². The maximum atomic E-state index is 13.3. The van der Waals surface area contributed by atoms with Gasteiger partial charge in [-0.3, -0.25) is 4.90 Å². The van der Waals surface area contributed by atoms with Crippen LogP contribution in [0.3, 0.4) is 0 Å². The lowest BCUT2D eigenvalue weighted by molar-refractivity contribution is 0.135. The third-order valence-corrected chi connectivity index (χ3v) is 6.22. The Morgan fingerprint density at radius 2 is 1.78 bits per heavy atom. The fraction of sp³-hybridized carbons (Fsp3) is 0.160. The summed E-state index contributed by atoms with van der Waals surface area (Å²) in [5.41, 5.74) is 5.55. The van der Waals surface area contributed by atoms with Crippen molar-refractivity contribution in [1.82, 2.24) is 9.88 Å². The second-order valence-corrected chi connectivity index (χ2v) is 8.44. The molecule has 0 bridgehead atoms. The first-order valence-electron chi connectivity index (χ1n) is 10.5. The number of amides is 1. The molecule has 0 spiro atoms. The van der Waals surface area contributed by atoms with Gasteiger partial charge in [0.15, 0.2) is 0 Å². The van der Waals surface area contributed by atoms with Gasteiger partial charge in [-0.15, -0.1) is 0 Å². The van der Waals surface area contributed by atoms with Crippen molar-refractivity contribution in [3.8, 4) is 11.5 Å².